The lowest BCUT2D eigenvalue weighted by atomic mass is 9.88. The minimum absolute atomic E-state index is 0.0583. The monoisotopic (exact) mass is 526 g/mol. The van der Waals surface area contributed by atoms with Crippen LogP contribution in [-0.4, -0.2) is 60.3 Å². The first kappa shape index (κ1) is 30.4. The third kappa shape index (κ3) is 3.74. The van der Waals surface area contributed by atoms with Gasteiger partial charge in [0, 0.05) is 0 Å². The summed E-state index contributed by atoms with van der Waals surface area (Å²) in [7, 11) is 0. The first-order valence-corrected chi connectivity index (χ1v) is 6.90. The lowest BCUT2D eigenvalue weighted by Crippen LogP contribution is -2.75. The second-order valence-electron chi connectivity index (χ2n) is 5.63. The molecule has 0 unspecified atom stereocenters. The summed E-state index contributed by atoms with van der Waals surface area (Å²) in [6, 6.07) is 0. The van der Waals surface area contributed by atoms with Crippen LogP contribution in [0.4, 0.5) is 83.4 Å². The second kappa shape index (κ2) is 7.71. The average molecular weight is 526 g/mol. The number of hydrogen-bond acceptors (Lipinski definition) is 1. The molecule has 0 aliphatic carbocycles. The normalized spacial score (nSPS) is 16.3. The number of halogens is 19. The predicted molar refractivity (Wildman–Crippen MR) is 61.8 cm³/mol. The minimum Gasteiger partial charge on any atom is -0.311 e. The Morgan fingerprint density at radius 1 is 0.438 bits per heavy atom. The van der Waals surface area contributed by atoms with Crippen LogP contribution in [0, 0.1) is 0 Å². The molecule has 192 valence electrons. The number of ether oxygens (including phenoxy) is 1. The Morgan fingerprint density at radius 2 is 0.688 bits per heavy atom. The molecule has 0 fully saturated rings. The van der Waals surface area contributed by atoms with E-state index < -0.39 is 60.3 Å². The van der Waals surface area contributed by atoms with Gasteiger partial charge in [0.25, 0.3) is 0 Å². The van der Waals surface area contributed by atoms with Crippen molar-refractivity contribution in [1.29, 1.82) is 0 Å². The zero-order valence-electron chi connectivity index (χ0n) is 14.1. The molecular weight excluding hydrogens is 521 g/mol. The Morgan fingerprint density at radius 3 is 0.938 bits per heavy atom. The summed E-state index contributed by atoms with van der Waals surface area (Å²) in [5, 5.41) is 0. The van der Waals surface area contributed by atoms with Gasteiger partial charge in [-0.2, -0.15) is 83.4 Å². The molecule has 0 aromatic heterocycles. The van der Waals surface area contributed by atoms with Gasteiger partial charge in [-0.1, -0.05) is 6.08 Å². The molecule has 0 aromatic carbocycles. The van der Waals surface area contributed by atoms with Crippen LogP contribution < -0.4 is 0 Å². The van der Waals surface area contributed by atoms with Gasteiger partial charge in [-0.05, 0) is 0 Å². The first-order valence-electron chi connectivity index (χ1n) is 6.90. The number of rotatable bonds is 10. The fourth-order valence-corrected chi connectivity index (χ4v) is 1.60. The van der Waals surface area contributed by atoms with Crippen molar-refractivity contribution in [3.8, 4) is 0 Å². The van der Waals surface area contributed by atoms with Crippen LogP contribution in [0.1, 0.15) is 0 Å². The van der Waals surface area contributed by atoms with Crippen molar-refractivity contribution in [3.63, 3.8) is 0 Å². The quantitative estimate of drug-likeness (QED) is 0.225. The van der Waals surface area contributed by atoms with Gasteiger partial charge >= 0.3 is 53.7 Å². The summed E-state index contributed by atoms with van der Waals surface area (Å²) < 4.78 is 248. The van der Waals surface area contributed by atoms with Crippen LogP contribution in [0.3, 0.4) is 0 Å². The largest absolute Gasteiger partial charge is 0.460 e. The molecule has 0 bridgehead atoms. The third-order valence-electron chi connectivity index (χ3n) is 3.47. The highest BCUT2D eigenvalue weighted by molar-refractivity contribution is 5.16. The maximum atomic E-state index is 13.3. The van der Waals surface area contributed by atoms with E-state index in [2.05, 4.69) is 11.3 Å². The summed E-state index contributed by atoms with van der Waals surface area (Å²) in [6.07, 6.45) is -14.8. The van der Waals surface area contributed by atoms with E-state index in [-0.39, 0.29) is 6.08 Å². The molecule has 0 rings (SSSR count). The van der Waals surface area contributed by atoms with Gasteiger partial charge in [-0.25, -0.2) is 0 Å². The van der Waals surface area contributed by atoms with Crippen LogP contribution in [0.25, 0.3) is 0 Å². The molecule has 0 amide bonds. The molecule has 0 atom stereocenters. The topological polar surface area (TPSA) is 9.23 Å². The zero-order chi connectivity index (χ0) is 26.6. The van der Waals surface area contributed by atoms with E-state index in [1.807, 2.05) is 0 Å². The molecule has 20 heteroatoms. The lowest BCUT2D eigenvalue weighted by molar-refractivity contribution is -0.481. The highest BCUT2D eigenvalue weighted by Gasteiger charge is 2.96. The van der Waals surface area contributed by atoms with E-state index in [0.717, 1.165) is 0 Å². The van der Waals surface area contributed by atoms with Crippen LogP contribution >= 0.6 is 0 Å². The van der Waals surface area contributed by atoms with Crippen LogP contribution in [0.2, 0.25) is 0 Å². The molecule has 32 heavy (non-hydrogen) atoms. The molecule has 0 aliphatic rings. The molecule has 0 heterocycles. The molecular formula is C12H5F19O. The number of hydrogen-bond donors (Lipinski definition) is 0. The smallest absolute Gasteiger partial charge is 0.311 e. The van der Waals surface area contributed by atoms with Crippen molar-refractivity contribution < 1.29 is 88.2 Å². The van der Waals surface area contributed by atoms with E-state index in [9.17, 15) is 83.4 Å². The molecule has 0 spiro atoms. The first-order chi connectivity index (χ1) is 13.6. The molecule has 0 N–H and O–H groups in total. The van der Waals surface area contributed by atoms with Crippen molar-refractivity contribution in [3.05, 3.63) is 12.7 Å². The van der Waals surface area contributed by atoms with Crippen molar-refractivity contribution in [2.45, 2.75) is 53.7 Å². The minimum atomic E-state index is -8.93. The Bertz CT molecular complexity index is 687. The van der Waals surface area contributed by atoms with Crippen LogP contribution in [0.5, 0.6) is 0 Å². The van der Waals surface area contributed by atoms with Gasteiger partial charge in [0.05, 0.1) is 6.61 Å². The van der Waals surface area contributed by atoms with Gasteiger partial charge in [0.2, 0.25) is 0 Å². The molecule has 0 saturated carbocycles. The Hall–Kier alpha value is -1.63. The Kier molecular flexibility index (Phi) is 7.32. The summed E-state index contributed by atoms with van der Waals surface area (Å²) >= 11 is 0. The van der Waals surface area contributed by atoms with Crippen molar-refractivity contribution >= 4 is 0 Å². The standard InChI is InChI=1S/C12H5F19O/c1-2-3-32-12(30,31)10(25,26)8(21,22)6(17,18)4(13,14)5(15,16)7(19,20)9(23,24)11(27,28)29/h2H,1,3H2. The van der Waals surface area contributed by atoms with Crippen LogP contribution in [-0.2, 0) is 4.74 Å². The van der Waals surface area contributed by atoms with Gasteiger partial charge in [-0.3, -0.25) is 0 Å². The summed E-state index contributed by atoms with van der Waals surface area (Å²) in [6.45, 7) is 0.584. The molecule has 1 nitrogen and oxygen atoms in total. The van der Waals surface area contributed by atoms with Crippen LogP contribution in [0.15, 0.2) is 12.7 Å². The van der Waals surface area contributed by atoms with Gasteiger partial charge in [0.15, 0.2) is 0 Å². The van der Waals surface area contributed by atoms with Gasteiger partial charge in [0.1, 0.15) is 0 Å². The highest BCUT2D eigenvalue weighted by atomic mass is 19.4. The third-order valence-corrected chi connectivity index (χ3v) is 3.47. The van der Waals surface area contributed by atoms with E-state index >= 15 is 0 Å². The van der Waals surface area contributed by atoms with E-state index in [4.69, 9.17) is 0 Å². The van der Waals surface area contributed by atoms with Crippen molar-refractivity contribution in [1.82, 2.24) is 0 Å². The Labute approximate surface area is 162 Å². The maximum Gasteiger partial charge on any atom is 0.460 e. The van der Waals surface area contributed by atoms with Crippen molar-refractivity contribution in [2.24, 2.45) is 0 Å². The second-order valence-corrected chi connectivity index (χ2v) is 5.63. The van der Waals surface area contributed by atoms with E-state index in [0.29, 0.717) is 0 Å². The summed E-state index contributed by atoms with van der Waals surface area (Å²) in [5.74, 6) is -60.2. The predicted octanol–water partition coefficient (Wildman–Crippen LogP) is 6.79. The maximum absolute atomic E-state index is 13.3. The summed E-state index contributed by atoms with van der Waals surface area (Å²) in [5.41, 5.74) is 0. The molecule has 0 aliphatic heterocycles. The zero-order valence-corrected chi connectivity index (χ0v) is 14.1. The van der Waals surface area contributed by atoms with Gasteiger partial charge < -0.3 is 4.74 Å². The molecule has 0 saturated heterocycles. The summed E-state index contributed by atoms with van der Waals surface area (Å²) in [4.78, 5) is 0. The van der Waals surface area contributed by atoms with Gasteiger partial charge in [-0.15, -0.1) is 6.58 Å². The SMILES string of the molecule is C=CCOC(F)(F)C(F)(F)C(F)(F)C(F)(F)C(F)(F)C(F)(F)C(F)(F)C(F)(F)C(F)(F)F. The van der Waals surface area contributed by atoms with Crippen molar-refractivity contribution in [2.75, 3.05) is 6.61 Å². The Balaban J connectivity index is 6.81. The van der Waals surface area contributed by atoms with E-state index in [1.54, 1.807) is 0 Å². The fraction of sp³-hybridized carbons (Fsp3) is 0.833. The lowest BCUT2D eigenvalue weighted by Gasteiger charge is -2.43. The molecule has 0 radical (unpaired) electrons. The number of alkyl halides is 19. The fourth-order valence-electron chi connectivity index (χ4n) is 1.60. The highest BCUT2D eigenvalue weighted by Crippen LogP contribution is 2.65. The van der Waals surface area contributed by atoms with E-state index in [1.165, 1.54) is 0 Å². The average Bonchev–Trinajstić information content (AvgIpc) is 2.57. The molecule has 0 aromatic rings.